The minimum absolute atomic E-state index is 1.35. The highest BCUT2D eigenvalue weighted by molar-refractivity contribution is 7.15. The summed E-state index contributed by atoms with van der Waals surface area (Å²) in [6.07, 6.45) is 0. The van der Waals surface area contributed by atoms with E-state index in [-0.39, 0.29) is 0 Å². The Bertz CT molecular complexity index is 550. The van der Waals surface area contributed by atoms with Crippen LogP contribution in [0.15, 0.2) is 12.1 Å². The Morgan fingerprint density at radius 2 is 1.29 bits per heavy atom. The van der Waals surface area contributed by atoms with E-state index in [2.05, 4.69) is 53.7 Å². The van der Waals surface area contributed by atoms with E-state index < -0.39 is 0 Å². The Morgan fingerprint density at radius 1 is 0.765 bits per heavy atom. The molecule has 1 heterocycles. The van der Waals surface area contributed by atoms with E-state index in [4.69, 9.17) is 0 Å². The van der Waals surface area contributed by atoms with Crippen LogP contribution in [-0.4, -0.2) is 0 Å². The molecule has 17 heavy (non-hydrogen) atoms. The Balaban J connectivity index is 2.73. The molecule has 0 fully saturated rings. The number of thiophene rings is 1. The quantitative estimate of drug-likeness (QED) is 0.641. The predicted octanol–water partition coefficient (Wildman–Crippen LogP) is 5.27. The van der Waals surface area contributed by atoms with Gasteiger partial charge in [0.25, 0.3) is 0 Å². The minimum Gasteiger partial charge on any atom is -0.140 e. The molecular weight excluding hydrogens is 224 g/mol. The van der Waals surface area contributed by atoms with Crippen LogP contribution in [0.5, 0.6) is 0 Å². The summed E-state index contributed by atoms with van der Waals surface area (Å²) in [5.74, 6) is 0. The van der Waals surface area contributed by atoms with E-state index in [1.807, 2.05) is 11.3 Å². The fourth-order valence-corrected chi connectivity index (χ4v) is 3.86. The Labute approximate surface area is 108 Å². The average molecular weight is 244 g/mol. The van der Waals surface area contributed by atoms with Gasteiger partial charge in [-0.1, -0.05) is 17.7 Å². The van der Waals surface area contributed by atoms with Crippen LogP contribution in [-0.2, 0) is 0 Å². The van der Waals surface area contributed by atoms with Crippen molar-refractivity contribution in [1.29, 1.82) is 0 Å². The molecule has 1 aromatic carbocycles. The minimum atomic E-state index is 1.35. The van der Waals surface area contributed by atoms with E-state index in [1.54, 1.807) is 0 Å². The Kier molecular flexibility index (Phi) is 3.13. The normalized spacial score (nSPS) is 10.9. The molecule has 0 unspecified atom stereocenters. The van der Waals surface area contributed by atoms with E-state index in [9.17, 15) is 0 Å². The van der Waals surface area contributed by atoms with Crippen molar-refractivity contribution >= 4 is 11.3 Å². The van der Waals surface area contributed by atoms with Crippen LogP contribution in [0.1, 0.15) is 32.7 Å². The summed E-state index contributed by atoms with van der Waals surface area (Å²) >= 11 is 1.93. The number of hydrogen-bond donors (Lipinski definition) is 0. The van der Waals surface area contributed by atoms with Gasteiger partial charge in [-0.05, 0) is 69.4 Å². The van der Waals surface area contributed by atoms with Gasteiger partial charge in [-0.3, -0.25) is 0 Å². The first-order valence-electron chi connectivity index (χ1n) is 6.06. The highest BCUT2D eigenvalue weighted by Gasteiger charge is 2.14. The summed E-state index contributed by atoms with van der Waals surface area (Å²) in [4.78, 5) is 2.90. The van der Waals surface area contributed by atoms with Crippen molar-refractivity contribution < 1.29 is 0 Å². The second-order valence-corrected chi connectivity index (χ2v) is 6.24. The molecule has 2 rings (SSSR count). The third-order valence-electron chi connectivity index (χ3n) is 3.59. The van der Waals surface area contributed by atoms with Gasteiger partial charge in [0.05, 0.1) is 0 Å². The first-order valence-corrected chi connectivity index (χ1v) is 6.88. The fourth-order valence-electron chi connectivity index (χ4n) is 2.52. The van der Waals surface area contributed by atoms with Crippen LogP contribution in [0, 0.1) is 41.5 Å². The summed E-state index contributed by atoms with van der Waals surface area (Å²) in [7, 11) is 0. The molecule has 0 aliphatic carbocycles. The molecule has 0 radical (unpaired) electrons. The molecule has 0 aliphatic rings. The van der Waals surface area contributed by atoms with Gasteiger partial charge in [-0.2, -0.15) is 0 Å². The fraction of sp³-hybridized carbons (Fsp3) is 0.375. The lowest BCUT2D eigenvalue weighted by atomic mass is 9.96. The SMILES string of the molecule is Cc1cc(C)c(-c2sc(C)c(C)c2C)c(C)c1. The zero-order valence-corrected chi connectivity index (χ0v) is 12.4. The van der Waals surface area contributed by atoms with Crippen LogP contribution < -0.4 is 0 Å². The molecule has 0 atom stereocenters. The first-order chi connectivity index (χ1) is 7.91. The molecule has 0 saturated heterocycles. The van der Waals surface area contributed by atoms with Crippen LogP contribution in [0.3, 0.4) is 0 Å². The number of rotatable bonds is 1. The van der Waals surface area contributed by atoms with Crippen molar-refractivity contribution in [3.63, 3.8) is 0 Å². The van der Waals surface area contributed by atoms with Crippen LogP contribution >= 0.6 is 11.3 Å². The molecule has 1 aromatic heterocycles. The van der Waals surface area contributed by atoms with E-state index in [0.29, 0.717) is 0 Å². The van der Waals surface area contributed by atoms with Crippen molar-refractivity contribution in [1.82, 2.24) is 0 Å². The topological polar surface area (TPSA) is 0 Å². The summed E-state index contributed by atoms with van der Waals surface area (Å²) in [5, 5.41) is 0. The van der Waals surface area contributed by atoms with Crippen molar-refractivity contribution in [2.75, 3.05) is 0 Å². The summed E-state index contributed by atoms with van der Waals surface area (Å²) in [6, 6.07) is 4.57. The van der Waals surface area contributed by atoms with Gasteiger partial charge < -0.3 is 0 Å². The van der Waals surface area contributed by atoms with Gasteiger partial charge in [0.2, 0.25) is 0 Å². The monoisotopic (exact) mass is 244 g/mol. The maximum Gasteiger partial charge on any atom is 0.0382 e. The zero-order valence-electron chi connectivity index (χ0n) is 11.6. The standard InChI is InChI=1S/C16H20S/c1-9-7-10(2)15(11(3)8-9)16-13(5)12(4)14(6)17-16/h7-8H,1-6H3. The van der Waals surface area contributed by atoms with Gasteiger partial charge >= 0.3 is 0 Å². The Hall–Kier alpha value is -1.08. The second-order valence-electron chi connectivity index (χ2n) is 5.01. The molecule has 0 bridgehead atoms. The van der Waals surface area contributed by atoms with Gasteiger partial charge in [0.1, 0.15) is 0 Å². The largest absolute Gasteiger partial charge is 0.140 e. The number of aryl methyl sites for hydroxylation is 4. The first kappa shape index (κ1) is 12.4. The maximum absolute atomic E-state index is 2.28. The van der Waals surface area contributed by atoms with Crippen molar-refractivity contribution in [3.05, 3.63) is 44.8 Å². The molecule has 90 valence electrons. The van der Waals surface area contributed by atoms with Gasteiger partial charge in [-0.15, -0.1) is 11.3 Å². The van der Waals surface area contributed by atoms with E-state index in [1.165, 1.54) is 43.1 Å². The molecule has 0 spiro atoms. The lowest BCUT2D eigenvalue weighted by molar-refractivity contribution is 1.31. The van der Waals surface area contributed by atoms with Gasteiger partial charge in [0, 0.05) is 9.75 Å². The molecule has 2 aromatic rings. The summed E-state index contributed by atoms with van der Waals surface area (Å²) in [6.45, 7) is 13.3. The van der Waals surface area contributed by atoms with Crippen LogP contribution in [0.4, 0.5) is 0 Å². The van der Waals surface area contributed by atoms with Crippen molar-refractivity contribution in [2.24, 2.45) is 0 Å². The lowest BCUT2D eigenvalue weighted by Gasteiger charge is -2.11. The number of benzene rings is 1. The molecule has 0 nitrogen and oxygen atoms in total. The maximum atomic E-state index is 2.28. The third kappa shape index (κ3) is 2.04. The summed E-state index contributed by atoms with van der Waals surface area (Å²) < 4.78 is 0. The van der Waals surface area contributed by atoms with Crippen LogP contribution in [0.2, 0.25) is 0 Å². The molecular formula is C16H20S. The van der Waals surface area contributed by atoms with E-state index in [0.717, 1.165) is 0 Å². The van der Waals surface area contributed by atoms with Crippen LogP contribution in [0.25, 0.3) is 10.4 Å². The van der Waals surface area contributed by atoms with Crippen molar-refractivity contribution in [3.8, 4) is 10.4 Å². The second kappa shape index (κ2) is 4.30. The average Bonchev–Trinajstić information content (AvgIpc) is 2.45. The third-order valence-corrected chi connectivity index (χ3v) is 4.92. The number of hydrogen-bond acceptors (Lipinski definition) is 1. The highest BCUT2D eigenvalue weighted by Crippen LogP contribution is 2.39. The highest BCUT2D eigenvalue weighted by atomic mass is 32.1. The van der Waals surface area contributed by atoms with E-state index >= 15 is 0 Å². The molecule has 0 saturated carbocycles. The molecule has 0 amide bonds. The zero-order chi connectivity index (χ0) is 12.7. The lowest BCUT2D eigenvalue weighted by Crippen LogP contribution is -1.89. The smallest absolute Gasteiger partial charge is 0.0382 e. The Morgan fingerprint density at radius 3 is 1.71 bits per heavy atom. The molecule has 0 aliphatic heterocycles. The molecule has 1 heteroatoms. The van der Waals surface area contributed by atoms with Gasteiger partial charge in [-0.25, -0.2) is 0 Å². The predicted molar refractivity (Wildman–Crippen MR) is 78.2 cm³/mol. The summed E-state index contributed by atoms with van der Waals surface area (Å²) in [5.41, 5.74) is 8.48. The van der Waals surface area contributed by atoms with Crippen molar-refractivity contribution in [2.45, 2.75) is 41.5 Å². The van der Waals surface area contributed by atoms with Gasteiger partial charge in [0.15, 0.2) is 0 Å². The molecule has 0 N–H and O–H groups in total.